The van der Waals surface area contributed by atoms with E-state index in [0.29, 0.717) is 24.5 Å². The summed E-state index contributed by atoms with van der Waals surface area (Å²) in [6.07, 6.45) is -0.480. The van der Waals surface area contributed by atoms with Gasteiger partial charge in [-0.15, -0.1) is 0 Å². The van der Waals surface area contributed by atoms with Crippen molar-refractivity contribution >= 4 is 23.3 Å². The largest absolute Gasteiger partial charge is 0.478 e. The van der Waals surface area contributed by atoms with E-state index in [0.717, 1.165) is 23.3 Å². The summed E-state index contributed by atoms with van der Waals surface area (Å²) < 4.78 is 44.2. The lowest BCUT2D eigenvalue weighted by atomic mass is 9.83. The van der Waals surface area contributed by atoms with E-state index in [9.17, 15) is 27.9 Å². The van der Waals surface area contributed by atoms with E-state index in [4.69, 9.17) is 0 Å². The number of carbonyl (C=O) groups is 1. The Morgan fingerprint density at radius 2 is 1.91 bits per heavy atom. The molecule has 8 nitrogen and oxygen atoms in total. The quantitative estimate of drug-likeness (QED) is 0.547. The number of hydrogen-bond donors (Lipinski definition) is 2. The molecule has 35 heavy (non-hydrogen) atoms. The van der Waals surface area contributed by atoms with Gasteiger partial charge in [0.1, 0.15) is 22.8 Å². The molecule has 0 aliphatic carbocycles. The van der Waals surface area contributed by atoms with Crippen molar-refractivity contribution in [2.24, 2.45) is 5.41 Å². The summed E-state index contributed by atoms with van der Waals surface area (Å²) in [7, 11) is 0. The third-order valence-corrected chi connectivity index (χ3v) is 6.31. The second kappa shape index (κ2) is 8.86. The van der Waals surface area contributed by atoms with Crippen LogP contribution in [-0.2, 0) is 0 Å². The molecule has 1 saturated heterocycles. The summed E-state index contributed by atoms with van der Waals surface area (Å²) in [6, 6.07) is 2.78. The normalized spacial score (nSPS) is 16.8. The molecule has 186 valence electrons. The highest BCUT2D eigenvalue weighted by Gasteiger charge is 2.43. The van der Waals surface area contributed by atoms with Crippen LogP contribution in [0.5, 0.6) is 0 Å². The second-order valence-electron chi connectivity index (χ2n) is 9.59. The zero-order valence-corrected chi connectivity index (χ0v) is 19.6. The molecule has 3 aromatic heterocycles. The van der Waals surface area contributed by atoms with Gasteiger partial charge in [0.05, 0.1) is 0 Å². The summed E-state index contributed by atoms with van der Waals surface area (Å²) in [6.45, 7) is 7.14. The first kappa shape index (κ1) is 24.5. The lowest BCUT2D eigenvalue weighted by Crippen LogP contribution is -2.38. The van der Waals surface area contributed by atoms with Crippen molar-refractivity contribution in [2.75, 3.05) is 23.3 Å². The first-order chi connectivity index (χ1) is 16.4. The van der Waals surface area contributed by atoms with Crippen LogP contribution < -0.4 is 15.8 Å². The number of anilines is 2. The number of halogens is 3. The third-order valence-electron chi connectivity index (χ3n) is 6.31. The number of rotatable bonds is 5. The van der Waals surface area contributed by atoms with E-state index in [-0.39, 0.29) is 16.6 Å². The number of carboxylic acid groups (broad SMARTS) is 1. The van der Waals surface area contributed by atoms with Gasteiger partial charge in [-0.25, -0.2) is 14.8 Å². The summed E-state index contributed by atoms with van der Waals surface area (Å²) >= 11 is 0. The monoisotopic (exact) mass is 489 g/mol. The van der Waals surface area contributed by atoms with Crippen molar-refractivity contribution < 1.29 is 23.1 Å². The first-order valence-electron chi connectivity index (χ1n) is 11.2. The minimum atomic E-state index is -4.84. The van der Waals surface area contributed by atoms with Gasteiger partial charge in [-0.1, -0.05) is 13.8 Å². The Hall–Kier alpha value is -3.63. The van der Waals surface area contributed by atoms with Crippen LogP contribution in [0.15, 0.2) is 41.5 Å². The number of nitrogens with zero attached hydrogens (tertiary/aromatic N) is 4. The summed E-state index contributed by atoms with van der Waals surface area (Å²) in [5.74, 6) is -1.53. The molecule has 0 amide bonds. The maximum Gasteiger partial charge on any atom is 0.412 e. The maximum absolute atomic E-state index is 14.4. The smallest absolute Gasteiger partial charge is 0.412 e. The van der Waals surface area contributed by atoms with Gasteiger partial charge in [0.2, 0.25) is 0 Å². The summed E-state index contributed by atoms with van der Waals surface area (Å²) in [5.41, 5.74) is -0.786. The van der Waals surface area contributed by atoms with Gasteiger partial charge in [-0.2, -0.15) is 13.2 Å². The van der Waals surface area contributed by atoms with Crippen molar-refractivity contribution in [1.82, 2.24) is 14.4 Å². The zero-order chi connectivity index (χ0) is 25.5. The molecule has 2 N–H and O–H groups in total. The highest BCUT2D eigenvalue weighted by molar-refractivity contribution is 5.93. The topological polar surface area (TPSA) is 99.8 Å². The number of carboxylic acids is 1. The second-order valence-corrected chi connectivity index (χ2v) is 9.59. The molecular weight excluding hydrogens is 463 g/mol. The first-order valence-corrected chi connectivity index (χ1v) is 11.2. The van der Waals surface area contributed by atoms with E-state index < -0.39 is 35.1 Å². The van der Waals surface area contributed by atoms with Gasteiger partial charge in [-0.05, 0) is 48.9 Å². The van der Waals surface area contributed by atoms with Crippen molar-refractivity contribution in [3.8, 4) is 0 Å². The van der Waals surface area contributed by atoms with Crippen molar-refractivity contribution in [1.29, 1.82) is 0 Å². The Bertz CT molecular complexity index is 1330. The fourth-order valence-electron chi connectivity index (χ4n) is 4.24. The number of aromatic nitrogens is 3. The van der Waals surface area contributed by atoms with E-state index >= 15 is 0 Å². The number of pyridine rings is 2. The van der Waals surface area contributed by atoms with Crippen LogP contribution in [0.2, 0.25) is 0 Å². The van der Waals surface area contributed by atoms with Crippen LogP contribution in [0.1, 0.15) is 54.2 Å². The minimum absolute atomic E-state index is 0.139. The maximum atomic E-state index is 14.4. The molecule has 0 radical (unpaired) electrons. The average Bonchev–Trinajstić information content (AvgIpc) is 2.77. The fourth-order valence-corrected chi connectivity index (χ4v) is 4.24. The highest BCUT2D eigenvalue weighted by atomic mass is 19.4. The summed E-state index contributed by atoms with van der Waals surface area (Å²) in [5, 5.41) is 11.6. The highest BCUT2D eigenvalue weighted by Crippen LogP contribution is 2.38. The standard InChI is InChI=1S/C24H26F3N5O3/c1-14-11-16(19(24(25,26)27)30-20-15(22(34)35)5-4-8-28-20)21-29-17(12-18(33)32(21)13-14)31-9-6-23(2,3)7-10-31/h4-5,8,11-13,19H,6-7,9-10H2,1-3H3,(H,28,30)(H,34,35)/t19-/m0/s1. The van der Waals surface area contributed by atoms with E-state index in [1.165, 1.54) is 30.6 Å². The summed E-state index contributed by atoms with van der Waals surface area (Å²) in [4.78, 5) is 34.7. The van der Waals surface area contributed by atoms with Gasteiger partial charge >= 0.3 is 12.1 Å². The van der Waals surface area contributed by atoms with Gasteiger partial charge in [0.15, 0.2) is 6.04 Å². The zero-order valence-electron chi connectivity index (χ0n) is 19.6. The number of aryl methyl sites for hydroxylation is 1. The van der Waals surface area contributed by atoms with Gasteiger partial charge in [-0.3, -0.25) is 9.20 Å². The van der Waals surface area contributed by atoms with Crippen molar-refractivity contribution in [3.63, 3.8) is 0 Å². The molecule has 11 heteroatoms. The van der Waals surface area contributed by atoms with E-state index in [1.54, 1.807) is 6.92 Å². The Labute approximate surface area is 199 Å². The van der Waals surface area contributed by atoms with Crippen LogP contribution in [0.3, 0.4) is 0 Å². The Morgan fingerprint density at radius 1 is 1.23 bits per heavy atom. The number of fused-ring (bicyclic) bond motifs is 1. The Balaban J connectivity index is 1.86. The van der Waals surface area contributed by atoms with Crippen molar-refractivity contribution in [3.05, 3.63) is 63.7 Å². The lowest BCUT2D eigenvalue weighted by Gasteiger charge is -2.37. The molecule has 1 aliphatic rings. The SMILES string of the molecule is Cc1cc([C@H](Nc2ncccc2C(=O)O)C(F)(F)F)c2nc(N3CCC(C)(C)CC3)cc(=O)n2c1. The van der Waals surface area contributed by atoms with Crippen LogP contribution in [-0.4, -0.2) is 44.7 Å². The van der Waals surface area contributed by atoms with Crippen molar-refractivity contribution in [2.45, 2.75) is 45.8 Å². The van der Waals surface area contributed by atoms with Crippen LogP contribution >= 0.6 is 0 Å². The molecule has 0 unspecified atom stereocenters. The molecule has 0 spiro atoms. The van der Waals surface area contributed by atoms with Gasteiger partial charge in [0.25, 0.3) is 5.56 Å². The number of aromatic carboxylic acids is 1. The third kappa shape index (κ3) is 5.08. The minimum Gasteiger partial charge on any atom is -0.478 e. The number of nitrogens with one attached hydrogen (secondary N) is 1. The van der Waals surface area contributed by atoms with Gasteiger partial charge < -0.3 is 15.3 Å². The molecule has 4 rings (SSSR count). The molecule has 3 aromatic rings. The molecule has 1 aliphatic heterocycles. The molecule has 1 fully saturated rings. The van der Waals surface area contributed by atoms with Crippen LogP contribution in [0.25, 0.3) is 5.65 Å². The van der Waals surface area contributed by atoms with Crippen LogP contribution in [0.4, 0.5) is 24.8 Å². The van der Waals surface area contributed by atoms with Crippen LogP contribution in [0, 0.1) is 12.3 Å². The Kier molecular flexibility index (Phi) is 6.20. The predicted octanol–water partition coefficient (Wildman–Crippen LogP) is 4.44. The molecule has 0 bridgehead atoms. The fraction of sp³-hybridized carbons (Fsp3) is 0.417. The lowest BCUT2D eigenvalue weighted by molar-refractivity contribution is -0.143. The average molecular weight is 489 g/mol. The molecular formula is C24H26F3N5O3. The number of piperidine rings is 1. The molecule has 0 aromatic carbocycles. The number of alkyl halides is 3. The molecule has 4 heterocycles. The predicted molar refractivity (Wildman–Crippen MR) is 125 cm³/mol. The van der Waals surface area contributed by atoms with E-state index in [1.807, 2.05) is 4.90 Å². The Morgan fingerprint density at radius 3 is 2.54 bits per heavy atom. The molecule has 1 atom stereocenters. The molecule has 0 saturated carbocycles. The van der Waals surface area contributed by atoms with Gasteiger partial charge in [0, 0.05) is 37.1 Å². The number of hydrogen-bond acceptors (Lipinski definition) is 6. The van der Waals surface area contributed by atoms with E-state index in [2.05, 4.69) is 29.1 Å².